The molecule has 0 spiro atoms. The molecule has 5 aromatic heterocycles. The van der Waals surface area contributed by atoms with Crippen LogP contribution in [-0.4, -0.2) is 45.1 Å². The number of halogens is 1. The normalized spacial score (nSPS) is 11.0. The molecule has 194 valence electrons. The van der Waals surface area contributed by atoms with E-state index in [4.69, 9.17) is 20.4 Å². The van der Waals surface area contributed by atoms with Crippen LogP contribution in [0.15, 0.2) is 74.8 Å². The zero-order valence-electron chi connectivity index (χ0n) is 20.3. The lowest BCUT2D eigenvalue weighted by molar-refractivity contribution is 0.0911. The van der Waals surface area contributed by atoms with E-state index in [-0.39, 0.29) is 23.9 Å². The van der Waals surface area contributed by atoms with Crippen LogP contribution in [0.5, 0.6) is 0 Å². The summed E-state index contributed by atoms with van der Waals surface area (Å²) in [6, 6.07) is 11.7. The Bertz CT molecular complexity index is 1650. The number of hydrogen-bond donors (Lipinski definition) is 1. The van der Waals surface area contributed by atoms with Crippen LogP contribution in [0.2, 0.25) is 4.34 Å². The molecular formula is C25H21ClN6O5S. The van der Waals surface area contributed by atoms with Gasteiger partial charge in [0.15, 0.2) is 5.76 Å². The molecule has 11 nitrogen and oxygen atoms in total. The van der Waals surface area contributed by atoms with Crippen LogP contribution in [0, 0.1) is 0 Å². The third-order valence-corrected chi connectivity index (χ3v) is 6.82. The number of aromatic nitrogens is 4. The lowest BCUT2D eigenvalue weighted by atomic mass is 10.2. The number of carbonyl (C=O) groups is 2. The summed E-state index contributed by atoms with van der Waals surface area (Å²) in [6.07, 6.45) is 4.04. The lowest BCUT2D eigenvalue weighted by Gasteiger charge is -2.16. The fraction of sp³-hybridized carbons (Fsp3) is 0.160. The first kappa shape index (κ1) is 25.2. The molecule has 13 heteroatoms. The molecule has 38 heavy (non-hydrogen) atoms. The minimum absolute atomic E-state index is 0.125. The number of anilines is 2. The van der Waals surface area contributed by atoms with E-state index < -0.39 is 17.2 Å². The van der Waals surface area contributed by atoms with Crippen molar-refractivity contribution < 1.29 is 18.4 Å². The van der Waals surface area contributed by atoms with Gasteiger partial charge in [-0.05, 0) is 36.4 Å². The molecule has 0 atom stereocenters. The van der Waals surface area contributed by atoms with Crippen molar-refractivity contribution >= 4 is 46.1 Å². The minimum atomic E-state index is -0.613. The van der Waals surface area contributed by atoms with Crippen LogP contribution in [-0.2, 0) is 13.1 Å². The van der Waals surface area contributed by atoms with E-state index in [0.717, 1.165) is 9.56 Å². The van der Waals surface area contributed by atoms with Gasteiger partial charge in [-0.15, -0.1) is 11.3 Å². The topological polar surface area (TPSA) is 128 Å². The molecule has 5 aromatic rings. The van der Waals surface area contributed by atoms with Gasteiger partial charge in [0.25, 0.3) is 11.4 Å². The first-order valence-electron chi connectivity index (χ1n) is 11.3. The highest BCUT2D eigenvalue weighted by molar-refractivity contribution is 7.16. The Morgan fingerprint density at radius 1 is 1.13 bits per heavy atom. The predicted octanol–water partition coefficient (Wildman–Crippen LogP) is 4.26. The van der Waals surface area contributed by atoms with Crippen molar-refractivity contribution in [3.63, 3.8) is 0 Å². The Balaban J connectivity index is 1.59. The number of furan rings is 1. The van der Waals surface area contributed by atoms with E-state index in [1.54, 1.807) is 49.3 Å². The van der Waals surface area contributed by atoms with Gasteiger partial charge in [0.2, 0.25) is 5.78 Å². The Hall–Kier alpha value is -4.42. The molecule has 5 heterocycles. The average Bonchev–Trinajstić information content (AvgIpc) is 3.71. The summed E-state index contributed by atoms with van der Waals surface area (Å²) in [5.74, 6) is -0.702. The molecule has 0 bridgehead atoms. The van der Waals surface area contributed by atoms with E-state index in [1.165, 1.54) is 40.7 Å². The summed E-state index contributed by atoms with van der Waals surface area (Å²) in [5, 5.41) is 7.66. The predicted molar refractivity (Wildman–Crippen MR) is 142 cm³/mol. The maximum atomic E-state index is 13.4. The first-order chi connectivity index (χ1) is 18.3. The van der Waals surface area contributed by atoms with Gasteiger partial charge >= 0.3 is 5.91 Å². The standard InChI is InChI=1S/C25H21ClN6O5S/c1-30(2)18-7-6-17(31(24(18)34)14-19(33)20-4-3-10-36-20)16-12-22(28-13-15-5-8-21(26)38-15)32(29-16)25(35)23-27-9-11-37-23/h3-12,28H,13-14H2,1-2H3. The number of rotatable bonds is 9. The lowest BCUT2D eigenvalue weighted by Crippen LogP contribution is -2.30. The highest BCUT2D eigenvalue weighted by Crippen LogP contribution is 2.26. The van der Waals surface area contributed by atoms with Gasteiger partial charge in [-0.2, -0.15) is 9.78 Å². The Labute approximate surface area is 224 Å². The van der Waals surface area contributed by atoms with Gasteiger partial charge in [0.1, 0.15) is 23.5 Å². The van der Waals surface area contributed by atoms with Crippen molar-refractivity contribution in [3.05, 3.63) is 92.4 Å². The van der Waals surface area contributed by atoms with Crippen LogP contribution in [0.25, 0.3) is 11.4 Å². The molecule has 0 aliphatic heterocycles. The molecule has 0 radical (unpaired) electrons. The SMILES string of the molecule is CN(C)c1ccc(-c2cc(NCc3ccc(Cl)s3)n(C(=O)c3ncco3)n2)n(CC(=O)c2ccco2)c1=O. The minimum Gasteiger partial charge on any atom is -0.461 e. The zero-order chi connectivity index (χ0) is 26.8. The van der Waals surface area contributed by atoms with Crippen molar-refractivity contribution in [1.82, 2.24) is 19.3 Å². The van der Waals surface area contributed by atoms with Gasteiger partial charge in [0, 0.05) is 25.0 Å². The summed E-state index contributed by atoms with van der Waals surface area (Å²) >= 11 is 7.45. The van der Waals surface area contributed by atoms with Crippen LogP contribution in [0.1, 0.15) is 26.1 Å². The molecule has 0 saturated carbocycles. The number of hydrogen-bond acceptors (Lipinski definition) is 10. The second-order valence-electron chi connectivity index (χ2n) is 8.32. The molecule has 0 aliphatic carbocycles. The van der Waals surface area contributed by atoms with Crippen molar-refractivity contribution in [3.8, 4) is 11.4 Å². The fourth-order valence-corrected chi connectivity index (χ4v) is 4.80. The third-order valence-electron chi connectivity index (χ3n) is 5.59. The smallest absolute Gasteiger partial charge is 0.335 e. The van der Waals surface area contributed by atoms with E-state index in [0.29, 0.717) is 28.1 Å². The summed E-state index contributed by atoms with van der Waals surface area (Å²) in [6.45, 7) is 0.0745. The quantitative estimate of drug-likeness (QED) is 0.267. The third kappa shape index (κ3) is 5.04. The second kappa shape index (κ2) is 10.5. The first-order valence-corrected chi connectivity index (χ1v) is 12.5. The van der Waals surface area contributed by atoms with Crippen LogP contribution < -0.4 is 15.8 Å². The average molecular weight is 553 g/mol. The van der Waals surface area contributed by atoms with E-state index in [9.17, 15) is 14.4 Å². The van der Waals surface area contributed by atoms with Crippen molar-refractivity contribution in [2.24, 2.45) is 0 Å². The van der Waals surface area contributed by atoms with Gasteiger partial charge < -0.3 is 19.1 Å². The Morgan fingerprint density at radius 3 is 2.63 bits per heavy atom. The molecule has 0 saturated heterocycles. The van der Waals surface area contributed by atoms with Crippen molar-refractivity contribution in [1.29, 1.82) is 0 Å². The molecule has 0 aliphatic rings. The van der Waals surface area contributed by atoms with Gasteiger partial charge in [-0.3, -0.25) is 19.0 Å². The Morgan fingerprint density at radius 2 is 1.97 bits per heavy atom. The number of Topliss-reactive ketones (excluding diaryl/α,β-unsaturated/α-hetero) is 1. The number of oxazole rings is 1. The van der Waals surface area contributed by atoms with Gasteiger partial charge in [-0.25, -0.2) is 4.98 Å². The van der Waals surface area contributed by atoms with E-state index in [2.05, 4.69) is 15.4 Å². The second-order valence-corrected chi connectivity index (χ2v) is 10.1. The molecule has 0 aromatic carbocycles. The highest BCUT2D eigenvalue weighted by Gasteiger charge is 2.24. The molecule has 1 N–H and O–H groups in total. The number of carbonyl (C=O) groups excluding carboxylic acids is 2. The van der Waals surface area contributed by atoms with Crippen molar-refractivity contribution in [2.75, 3.05) is 24.3 Å². The number of pyridine rings is 1. The largest absolute Gasteiger partial charge is 0.461 e. The summed E-state index contributed by atoms with van der Waals surface area (Å²) in [7, 11) is 3.47. The Kier molecular flexibility index (Phi) is 6.99. The number of thiophene rings is 1. The number of nitrogens with one attached hydrogen (secondary N) is 1. The molecule has 0 unspecified atom stereocenters. The van der Waals surface area contributed by atoms with Gasteiger partial charge in [0.05, 0.1) is 35.6 Å². The van der Waals surface area contributed by atoms with Crippen LogP contribution in [0.4, 0.5) is 11.5 Å². The highest BCUT2D eigenvalue weighted by atomic mass is 35.5. The number of ketones is 1. The molecular weight excluding hydrogens is 532 g/mol. The summed E-state index contributed by atoms with van der Waals surface area (Å²) in [4.78, 5) is 46.0. The molecule has 0 fully saturated rings. The maximum Gasteiger partial charge on any atom is 0.335 e. The van der Waals surface area contributed by atoms with Crippen molar-refractivity contribution in [2.45, 2.75) is 13.1 Å². The maximum absolute atomic E-state index is 13.4. The summed E-state index contributed by atoms with van der Waals surface area (Å²) in [5.41, 5.74) is 0.598. The van der Waals surface area contributed by atoms with Gasteiger partial charge in [-0.1, -0.05) is 11.6 Å². The summed E-state index contributed by atoms with van der Waals surface area (Å²) < 4.78 is 13.5. The van der Waals surface area contributed by atoms with E-state index in [1.807, 2.05) is 6.07 Å². The molecule has 0 amide bonds. The van der Waals surface area contributed by atoms with E-state index >= 15 is 0 Å². The fourth-order valence-electron chi connectivity index (χ4n) is 3.78. The zero-order valence-corrected chi connectivity index (χ0v) is 21.8. The van der Waals surface area contributed by atoms with Crippen LogP contribution >= 0.6 is 22.9 Å². The van der Waals surface area contributed by atoms with Crippen LogP contribution in [0.3, 0.4) is 0 Å². The monoisotopic (exact) mass is 552 g/mol. The molecule has 5 rings (SSSR count). The number of nitrogens with zero attached hydrogens (tertiary/aromatic N) is 5.